The van der Waals surface area contributed by atoms with Gasteiger partial charge in [0.05, 0.1) is 32.0 Å². The fourth-order valence-electron chi connectivity index (χ4n) is 3.48. The Morgan fingerprint density at radius 2 is 1.96 bits per heavy atom. The minimum absolute atomic E-state index is 0.0807. The van der Waals surface area contributed by atoms with E-state index in [1.165, 1.54) is 12.0 Å². The van der Waals surface area contributed by atoms with Crippen LogP contribution in [0.3, 0.4) is 0 Å². The lowest BCUT2D eigenvalue weighted by atomic mass is 9.86. The highest BCUT2D eigenvalue weighted by Crippen LogP contribution is 2.33. The van der Waals surface area contributed by atoms with Crippen LogP contribution in [0.25, 0.3) is 0 Å². The highest BCUT2D eigenvalue weighted by molar-refractivity contribution is 5.68. The number of benzene rings is 1. The first-order valence-electron chi connectivity index (χ1n) is 8.47. The minimum Gasteiger partial charge on any atom is -0.453 e. The molecule has 0 spiro atoms. The lowest BCUT2D eigenvalue weighted by Crippen LogP contribution is -2.52. The highest BCUT2D eigenvalue weighted by Gasteiger charge is 2.49. The van der Waals surface area contributed by atoms with Gasteiger partial charge in [-0.1, -0.05) is 30.3 Å². The van der Waals surface area contributed by atoms with E-state index in [4.69, 9.17) is 18.9 Å². The van der Waals surface area contributed by atoms with Gasteiger partial charge in [0.2, 0.25) is 0 Å². The van der Waals surface area contributed by atoms with Crippen molar-refractivity contribution in [3.8, 4) is 0 Å². The van der Waals surface area contributed by atoms with Gasteiger partial charge in [-0.25, -0.2) is 4.79 Å². The number of methoxy groups -OCH3 is 1. The molecule has 0 saturated carbocycles. The molecule has 3 atom stereocenters. The molecule has 2 heterocycles. The number of ether oxygens (including phenoxy) is 4. The molecular formula is C18H25NO6. The van der Waals surface area contributed by atoms with Gasteiger partial charge in [0.25, 0.3) is 0 Å². The summed E-state index contributed by atoms with van der Waals surface area (Å²) in [7, 11) is 1.34. The van der Waals surface area contributed by atoms with Crippen LogP contribution < -0.4 is 0 Å². The minimum atomic E-state index is -1.21. The van der Waals surface area contributed by atoms with Crippen LogP contribution in [0.15, 0.2) is 30.3 Å². The van der Waals surface area contributed by atoms with Crippen LogP contribution in [0.5, 0.6) is 0 Å². The Kier molecular flexibility index (Phi) is 5.58. The quantitative estimate of drug-likeness (QED) is 0.867. The van der Waals surface area contributed by atoms with Gasteiger partial charge in [-0.15, -0.1) is 0 Å². The molecule has 2 fully saturated rings. The molecule has 2 aliphatic rings. The summed E-state index contributed by atoms with van der Waals surface area (Å²) in [5.74, 6) is 0. The van der Waals surface area contributed by atoms with Gasteiger partial charge in [0, 0.05) is 6.42 Å². The molecule has 0 radical (unpaired) electrons. The van der Waals surface area contributed by atoms with E-state index in [1.54, 1.807) is 6.92 Å². The molecule has 0 aliphatic carbocycles. The molecular weight excluding hydrogens is 326 g/mol. The number of carbonyl (C=O) groups excluding carboxylic acids is 1. The average Bonchev–Trinajstić information content (AvgIpc) is 3.25. The van der Waals surface area contributed by atoms with E-state index >= 15 is 0 Å². The van der Waals surface area contributed by atoms with E-state index in [1.807, 2.05) is 30.3 Å². The summed E-state index contributed by atoms with van der Waals surface area (Å²) in [6.45, 7) is 2.82. The molecule has 25 heavy (non-hydrogen) atoms. The smallest absolute Gasteiger partial charge is 0.411 e. The Morgan fingerprint density at radius 1 is 1.28 bits per heavy atom. The zero-order valence-corrected chi connectivity index (χ0v) is 14.6. The van der Waals surface area contributed by atoms with E-state index < -0.39 is 24.1 Å². The molecule has 1 amide bonds. The van der Waals surface area contributed by atoms with Crippen LogP contribution >= 0.6 is 0 Å². The third-order valence-corrected chi connectivity index (χ3v) is 4.72. The molecule has 7 heteroatoms. The fraction of sp³-hybridized carbons (Fsp3) is 0.611. The van der Waals surface area contributed by atoms with E-state index in [0.717, 1.165) is 5.56 Å². The van der Waals surface area contributed by atoms with Crippen LogP contribution in [-0.4, -0.2) is 67.2 Å². The first-order chi connectivity index (χ1) is 12.0. The highest BCUT2D eigenvalue weighted by atomic mass is 16.7. The molecule has 2 saturated heterocycles. The van der Waals surface area contributed by atoms with E-state index in [2.05, 4.69) is 0 Å². The van der Waals surface area contributed by atoms with Crippen LogP contribution in [0.1, 0.15) is 18.9 Å². The zero-order valence-electron chi connectivity index (χ0n) is 14.6. The number of carbonyl (C=O) groups is 1. The van der Waals surface area contributed by atoms with Gasteiger partial charge in [0.1, 0.15) is 12.8 Å². The second-order valence-electron chi connectivity index (χ2n) is 6.65. The maximum absolute atomic E-state index is 12.1. The Morgan fingerprint density at radius 3 is 2.60 bits per heavy atom. The average molecular weight is 351 g/mol. The predicted molar refractivity (Wildman–Crippen MR) is 88.9 cm³/mol. The first-order valence-corrected chi connectivity index (χ1v) is 8.47. The maximum Gasteiger partial charge on any atom is 0.411 e. The van der Waals surface area contributed by atoms with Gasteiger partial charge in [0.15, 0.2) is 6.29 Å². The molecule has 3 unspecified atom stereocenters. The van der Waals surface area contributed by atoms with Crippen molar-refractivity contribution in [2.75, 3.05) is 27.1 Å². The summed E-state index contributed by atoms with van der Waals surface area (Å²) < 4.78 is 21.6. The van der Waals surface area contributed by atoms with Gasteiger partial charge in [-0.2, -0.15) is 0 Å². The van der Waals surface area contributed by atoms with Gasteiger partial charge >= 0.3 is 6.09 Å². The number of rotatable bonds is 5. The number of amides is 1. The van der Waals surface area contributed by atoms with E-state index in [0.29, 0.717) is 19.6 Å². The molecule has 0 bridgehead atoms. The second kappa shape index (κ2) is 7.70. The third kappa shape index (κ3) is 4.12. The van der Waals surface area contributed by atoms with Crippen LogP contribution in [0.4, 0.5) is 4.79 Å². The predicted octanol–water partition coefficient (Wildman–Crippen LogP) is 1.54. The van der Waals surface area contributed by atoms with Crippen LogP contribution in [0.2, 0.25) is 0 Å². The number of hydrogen-bond acceptors (Lipinski definition) is 6. The summed E-state index contributed by atoms with van der Waals surface area (Å²) in [6.07, 6.45) is -0.656. The molecule has 7 nitrogen and oxygen atoms in total. The summed E-state index contributed by atoms with van der Waals surface area (Å²) in [6, 6.07) is 9.47. The van der Waals surface area contributed by atoms with E-state index in [9.17, 15) is 9.90 Å². The van der Waals surface area contributed by atoms with Crippen LogP contribution in [0, 0.1) is 0 Å². The number of hydrogen-bond donors (Lipinski definition) is 1. The van der Waals surface area contributed by atoms with Gasteiger partial charge in [-0.3, -0.25) is 4.90 Å². The SMILES string of the molecule is COC(=O)N1COC(C(C)(O)CC2OCCO2)C1Cc1ccccc1. The Bertz CT molecular complexity index is 572. The number of nitrogens with zero attached hydrogens (tertiary/aromatic N) is 1. The summed E-state index contributed by atoms with van der Waals surface area (Å²) >= 11 is 0. The van der Waals surface area contributed by atoms with Crippen molar-refractivity contribution in [2.24, 2.45) is 0 Å². The normalized spacial score (nSPS) is 26.6. The molecule has 138 valence electrons. The van der Waals surface area contributed by atoms with Crippen molar-refractivity contribution in [3.05, 3.63) is 35.9 Å². The van der Waals surface area contributed by atoms with Crippen molar-refractivity contribution in [1.29, 1.82) is 0 Å². The van der Waals surface area contributed by atoms with Crippen LogP contribution in [-0.2, 0) is 25.4 Å². The van der Waals surface area contributed by atoms with Crippen molar-refractivity contribution < 1.29 is 28.8 Å². The Hall–Kier alpha value is -1.67. The molecule has 1 aromatic rings. The standard InChI is InChI=1S/C18H25NO6/c1-18(21,11-15-23-8-9-24-15)16-14(10-13-6-4-3-5-7-13)19(12-25-16)17(20)22-2/h3-7,14-16,21H,8-12H2,1-2H3. The topological polar surface area (TPSA) is 77.5 Å². The van der Waals surface area contributed by atoms with Crippen molar-refractivity contribution in [1.82, 2.24) is 4.90 Å². The third-order valence-electron chi connectivity index (χ3n) is 4.72. The molecule has 3 rings (SSSR count). The summed E-state index contributed by atoms with van der Waals surface area (Å²) in [5, 5.41) is 11.0. The van der Waals surface area contributed by atoms with E-state index in [-0.39, 0.29) is 19.2 Å². The van der Waals surface area contributed by atoms with Gasteiger partial charge in [-0.05, 0) is 18.9 Å². The Labute approximate surface area is 147 Å². The summed E-state index contributed by atoms with van der Waals surface area (Å²) in [5.41, 5.74) is -0.155. The molecule has 0 aromatic heterocycles. The molecule has 2 aliphatic heterocycles. The lowest BCUT2D eigenvalue weighted by Gasteiger charge is -2.35. The van der Waals surface area contributed by atoms with Crippen molar-refractivity contribution in [3.63, 3.8) is 0 Å². The van der Waals surface area contributed by atoms with Crippen molar-refractivity contribution >= 4 is 6.09 Å². The zero-order chi connectivity index (χ0) is 17.9. The number of aliphatic hydroxyl groups is 1. The maximum atomic E-state index is 12.1. The lowest BCUT2D eigenvalue weighted by molar-refractivity contribution is -0.141. The van der Waals surface area contributed by atoms with Gasteiger partial charge < -0.3 is 24.1 Å². The molecule has 1 N–H and O–H groups in total. The second-order valence-corrected chi connectivity index (χ2v) is 6.65. The first kappa shape index (κ1) is 18.1. The monoisotopic (exact) mass is 351 g/mol. The van der Waals surface area contributed by atoms with Crippen molar-refractivity contribution in [2.45, 2.75) is 43.8 Å². The fourth-order valence-corrected chi connectivity index (χ4v) is 3.48. The molecule has 1 aromatic carbocycles. The Balaban J connectivity index is 1.78. The summed E-state index contributed by atoms with van der Waals surface area (Å²) in [4.78, 5) is 13.6. The largest absolute Gasteiger partial charge is 0.453 e.